The SMILES string of the molecule is CNC(c1ccccc1Br)C1CCc2cccnc21. The van der Waals surface area contributed by atoms with Crippen LogP contribution in [0.2, 0.25) is 0 Å². The van der Waals surface area contributed by atoms with E-state index >= 15 is 0 Å². The van der Waals surface area contributed by atoms with Crippen LogP contribution in [0.4, 0.5) is 0 Å². The first-order chi connectivity index (χ1) is 9.31. The van der Waals surface area contributed by atoms with Gasteiger partial charge in [0.25, 0.3) is 0 Å². The summed E-state index contributed by atoms with van der Waals surface area (Å²) in [6.07, 6.45) is 4.21. The lowest BCUT2D eigenvalue weighted by Crippen LogP contribution is -2.23. The van der Waals surface area contributed by atoms with Crippen LogP contribution in [0.15, 0.2) is 47.1 Å². The smallest absolute Gasteiger partial charge is 0.0485 e. The first-order valence-corrected chi connectivity index (χ1v) is 7.46. The van der Waals surface area contributed by atoms with Crippen molar-refractivity contribution in [3.8, 4) is 0 Å². The van der Waals surface area contributed by atoms with E-state index in [0.717, 1.165) is 6.42 Å². The normalized spacial score (nSPS) is 19.2. The van der Waals surface area contributed by atoms with Crippen molar-refractivity contribution in [3.05, 3.63) is 63.9 Å². The molecule has 2 nitrogen and oxygen atoms in total. The Kier molecular flexibility index (Phi) is 3.67. The third-order valence-corrected chi connectivity index (χ3v) is 4.68. The van der Waals surface area contributed by atoms with Crippen LogP contribution in [0.3, 0.4) is 0 Å². The zero-order valence-electron chi connectivity index (χ0n) is 10.9. The summed E-state index contributed by atoms with van der Waals surface area (Å²) in [4.78, 5) is 4.61. The quantitative estimate of drug-likeness (QED) is 0.930. The van der Waals surface area contributed by atoms with Gasteiger partial charge in [-0.3, -0.25) is 4.98 Å². The van der Waals surface area contributed by atoms with Gasteiger partial charge in [0, 0.05) is 28.3 Å². The lowest BCUT2D eigenvalue weighted by atomic mass is 9.91. The number of pyridine rings is 1. The molecule has 0 aliphatic heterocycles. The van der Waals surface area contributed by atoms with Crippen molar-refractivity contribution in [2.24, 2.45) is 0 Å². The molecule has 19 heavy (non-hydrogen) atoms. The van der Waals surface area contributed by atoms with Gasteiger partial charge in [-0.25, -0.2) is 0 Å². The van der Waals surface area contributed by atoms with Crippen molar-refractivity contribution < 1.29 is 0 Å². The molecule has 0 amide bonds. The maximum absolute atomic E-state index is 4.61. The van der Waals surface area contributed by atoms with Crippen LogP contribution in [0, 0.1) is 0 Å². The molecule has 0 saturated heterocycles. The molecule has 0 saturated carbocycles. The Morgan fingerprint density at radius 2 is 2.11 bits per heavy atom. The number of rotatable bonds is 3. The van der Waals surface area contributed by atoms with E-state index in [-0.39, 0.29) is 0 Å². The van der Waals surface area contributed by atoms with Gasteiger partial charge in [0.05, 0.1) is 0 Å². The fourth-order valence-corrected chi connectivity index (χ4v) is 3.60. The van der Waals surface area contributed by atoms with E-state index in [0.29, 0.717) is 12.0 Å². The molecule has 2 aromatic rings. The fourth-order valence-electron chi connectivity index (χ4n) is 3.07. The second-order valence-corrected chi connectivity index (χ2v) is 5.84. The predicted octanol–water partition coefficient (Wildman–Crippen LogP) is 3.83. The zero-order valence-corrected chi connectivity index (χ0v) is 12.5. The van der Waals surface area contributed by atoms with E-state index in [1.54, 1.807) is 0 Å². The summed E-state index contributed by atoms with van der Waals surface area (Å²) >= 11 is 3.66. The summed E-state index contributed by atoms with van der Waals surface area (Å²) in [6.45, 7) is 0. The van der Waals surface area contributed by atoms with Crippen LogP contribution in [0.5, 0.6) is 0 Å². The van der Waals surface area contributed by atoms with E-state index < -0.39 is 0 Å². The van der Waals surface area contributed by atoms with Gasteiger partial charge in [0.15, 0.2) is 0 Å². The second kappa shape index (κ2) is 5.43. The summed E-state index contributed by atoms with van der Waals surface area (Å²) in [5.41, 5.74) is 3.98. The van der Waals surface area contributed by atoms with Crippen LogP contribution in [-0.4, -0.2) is 12.0 Å². The van der Waals surface area contributed by atoms with Crippen LogP contribution in [0.25, 0.3) is 0 Å². The minimum absolute atomic E-state index is 0.312. The zero-order chi connectivity index (χ0) is 13.2. The maximum atomic E-state index is 4.61. The average Bonchev–Trinajstić information content (AvgIpc) is 2.86. The number of benzene rings is 1. The summed E-state index contributed by atoms with van der Waals surface area (Å²) in [5.74, 6) is 0.458. The Morgan fingerprint density at radius 1 is 1.26 bits per heavy atom. The molecule has 98 valence electrons. The first-order valence-electron chi connectivity index (χ1n) is 6.66. The number of nitrogens with zero attached hydrogens (tertiary/aromatic N) is 1. The van der Waals surface area contributed by atoms with Crippen LogP contribution < -0.4 is 5.32 Å². The summed E-state index contributed by atoms with van der Waals surface area (Å²) in [6, 6.07) is 13.0. The predicted molar refractivity (Wildman–Crippen MR) is 81.2 cm³/mol. The Hall–Kier alpha value is -1.19. The minimum atomic E-state index is 0.312. The molecule has 1 aromatic carbocycles. The molecule has 2 unspecified atom stereocenters. The fraction of sp³-hybridized carbons (Fsp3) is 0.312. The highest BCUT2D eigenvalue weighted by atomic mass is 79.9. The third-order valence-electron chi connectivity index (χ3n) is 3.96. The van der Waals surface area contributed by atoms with Crippen molar-refractivity contribution in [1.29, 1.82) is 0 Å². The third kappa shape index (κ3) is 2.33. The Bertz CT molecular complexity index is 582. The molecule has 1 N–H and O–H groups in total. The van der Waals surface area contributed by atoms with Crippen LogP contribution >= 0.6 is 15.9 Å². The summed E-state index contributed by atoms with van der Waals surface area (Å²) < 4.78 is 1.17. The second-order valence-electron chi connectivity index (χ2n) is 4.98. The summed E-state index contributed by atoms with van der Waals surface area (Å²) in [5, 5.41) is 3.47. The molecule has 1 heterocycles. The van der Waals surface area contributed by atoms with Gasteiger partial charge in [-0.05, 0) is 43.1 Å². The minimum Gasteiger partial charge on any atom is -0.312 e. The molecule has 0 bridgehead atoms. The number of fused-ring (bicyclic) bond motifs is 1. The lowest BCUT2D eigenvalue weighted by molar-refractivity contribution is 0.468. The highest BCUT2D eigenvalue weighted by Crippen LogP contribution is 2.41. The van der Waals surface area contributed by atoms with Crippen molar-refractivity contribution in [2.75, 3.05) is 7.05 Å². The maximum Gasteiger partial charge on any atom is 0.0485 e. The highest BCUT2D eigenvalue weighted by molar-refractivity contribution is 9.10. The first kappa shape index (κ1) is 12.8. The van der Waals surface area contributed by atoms with Gasteiger partial charge in [0.1, 0.15) is 0 Å². The molecular formula is C16H17BrN2. The lowest BCUT2D eigenvalue weighted by Gasteiger charge is -2.24. The molecule has 1 aliphatic carbocycles. The Balaban J connectivity index is 1.99. The molecule has 0 spiro atoms. The largest absolute Gasteiger partial charge is 0.312 e. The molecule has 2 atom stereocenters. The van der Waals surface area contributed by atoms with Gasteiger partial charge in [0.2, 0.25) is 0 Å². The number of nitrogens with one attached hydrogen (secondary N) is 1. The molecule has 3 heteroatoms. The van der Waals surface area contributed by atoms with Gasteiger partial charge < -0.3 is 5.32 Å². The highest BCUT2D eigenvalue weighted by Gasteiger charge is 2.31. The number of aryl methyl sites for hydroxylation is 1. The van der Waals surface area contributed by atoms with Gasteiger partial charge in [-0.1, -0.05) is 40.2 Å². The number of hydrogen-bond acceptors (Lipinski definition) is 2. The molecule has 1 aliphatic rings. The Morgan fingerprint density at radius 3 is 2.89 bits per heavy atom. The molecule has 0 fully saturated rings. The van der Waals surface area contributed by atoms with E-state index in [1.165, 1.54) is 27.7 Å². The standard InChI is InChI=1S/C16H17BrN2/c1-18-16(12-6-2-3-7-14(12)17)13-9-8-11-5-4-10-19-15(11)13/h2-7,10,13,16,18H,8-9H2,1H3. The number of aromatic nitrogens is 1. The number of likely N-dealkylation sites (N-methyl/N-ethyl adjacent to an activating group) is 1. The topological polar surface area (TPSA) is 24.9 Å². The number of halogens is 1. The van der Waals surface area contributed by atoms with Crippen LogP contribution in [0.1, 0.15) is 35.2 Å². The van der Waals surface area contributed by atoms with Crippen molar-refractivity contribution >= 4 is 15.9 Å². The van der Waals surface area contributed by atoms with E-state index in [1.807, 2.05) is 19.3 Å². The van der Waals surface area contributed by atoms with Gasteiger partial charge >= 0.3 is 0 Å². The molecule has 0 radical (unpaired) electrons. The van der Waals surface area contributed by atoms with Crippen molar-refractivity contribution in [3.63, 3.8) is 0 Å². The molecule has 1 aromatic heterocycles. The van der Waals surface area contributed by atoms with E-state index in [4.69, 9.17) is 0 Å². The van der Waals surface area contributed by atoms with Gasteiger partial charge in [-0.15, -0.1) is 0 Å². The monoisotopic (exact) mass is 316 g/mol. The number of hydrogen-bond donors (Lipinski definition) is 1. The van der Waals surface area contributed by atoms with Crippen LogP contribution in [-0.2, 0) is 6.42 Å². The average molecular weight is 317 g/mol. The Labute approximate surface area is 122 Å². The van der Waals surface area contributed by atoms with Crippen molar-refractivity contribution in [2.45, 2.75) is 24.8 Å². The summed E-state index contributed by atoms with van der Waals surface area (Å²) in [7, 11) is 2.03. The van der Waals surface area contributed by atoms with Gasteiger partial charge in [-0.2, -0.15) is 0 Å². The van der Waals surface area contributed by atoms with E-state index in [9.17, 15) is 0 Å². The molecular weight excluding hydrogens is 300 g/mol. The molecule has 3 rings (SSSR count). The van der Waals surface area contributed by atoms with Crippen molar-refractivity contribution in [1.82, 2.24) is 10.3 Å². The van der Waals surface area contributed by atoms with E-state index in [2.05, 4.69) is 56.6 Å².